The van der Waals surface area contributed by atoms with E-state index in [1.165, 1.54) is 84.2 Å². The molecule has 1 fully saturated rings. The number of rotatable bonds is 7. The van der Waals surface area contributed by atoms with Gasteiger partial charge in [-0.05, 0) is 92.4 Å². The van der Waals surface area contributed by atoms with Crippen LogP contribution in [0.15, 0.2) is 143 Å². The van der Waals surface area contributed by atoms with E-state index in [4.69, 9.17) is 9.98 Å². The van der Waals surface area contributed by atoms with Crippen LogP contribution in [0.2, 0.25) is 0 Å². The third kappa shape index (κ3) is 7.58. The zero-order chi connectivity index (χ0) is 33.5. The molecule has 0 radical (unpaired) electrons. The summed E-state index contributed by atoms with van der Waals surface area (Å²) < 4.78 is 0. The molecule has 5 atom stereocenters. The Hall–Kier alpha value is -4.24. The molecule has 0 saturated heterocycles. The van der Waals surface area contributed by atoms with Crippen molar-refractivity contribution in [2.75, 3.05) is 0 Å². The number of aromatic nitrogens is 1. The largest absolute Gasteiger partial charge is 0.367 e. The lowest BCUT2D eigenvalue weighted by Gasteiger charge is -2.34. The molecule has 3 heteroatoms. The highest BCUT2D eigenvalue weighted by Crippen LogP contribution is 2.38. The molecule has 3 nitrogen and oxygen atoms in total. The highest BCUT2D eigenvalue weighted by Gasteiger charge is 2.29. The van der Waals surface area contributed by atoms with E-state index in [0.717, 1.165) is 44.2 Å². The smallest absolute Gasteiger partial charge is 0.121 e. The first-order chi connectivity index (χ1) is 24.8. The summed E-state index contributed by atoms with van der Waals surface area (Å²) in [5.74, 6) is 2.38. The lowest BCUT2D eigenvalue weighted by Crippen LogP contribution is -2.39. The van der Waals surface area contributed by atoms with Gasteiger partial charge in [0.2, 0.25) is 0 Å². The molecule has 1 saturated carbocycles. The predicted octanol–water partition coefficient (Wildman–Crippen LogP) is 11.8. The number of nitrogens with one attached hydrogen (secondary N) is 1. The Kier molecular flexibility index (Phi) is 10.4. The molecule has 1 N–H and O–H groups in total. The van der Waals surface area contributed by atoms with Crippen molar-refractivity contribution in [2.24, 2.45) is 22.7 Å². The van der Waals surface area contributed by atoms with E-state index in [1.54, 1.807) is 0 Å². The summed E-state index contributed by atoms with van der Waals surface area (Å²) in [6, 6.07) is 13.1. The summed E-state index contributed by atoms with van der Waals surface area (Å²) in [7, 11) is 0. The molecule has 50 heavy (non-hydrogen) atoms. The van der Waals surface area contributed by atoms with E-state index in [-0.39, 0.29) is 6.17 Å². The zero-order valence-electron chi connectivity index (χ0n) is 29.6. The Morgan fingerprint density at radius 3 is 2.22 bits per heavy atom. The quantitative estimate of drug-likeness (QED) is 0.300. The van der Waals surface area contributed by atoms with E-state index in [9.17, 15) is 0 Å². The molecule has 1 aliphatic heterocycles. The topological polar surface area (TPSA) is 37.3 Å². The molecule has 8 rings (SSSR count). The van der Waals surface area contributed by atoms with Gasteiger partial charge in [0.15, 0.2) is 0 Å². The number of hydrogen-bond acceptors (Lipinski definition) is 3. The van der Waals surface area contributed by atoms with Crippen LogP contribution in [0.4, 0.5) is 0 Å². The maximum absolute atomic E-state index is 5.58. The molecular weight excluding hydrogens is 607 g/mol. The average Bonchev–Trinajstić information content (AvgIpc) is 3.19. The second-order valence-electron chi connectivity index (χ2n) is 15.2. The van der Waals surface area contributed by atoms with Crippen molar-refractivity contribution >= 4 is 5.71 Å². The van der Waals surface area contributed by atoms with Crippen LogP contribution in [0.25, 0.3) is 11.3 Å². The first kappa shape index (κ1) is 32.9. The number of pyridine rings is 1. The molecule has 2 aromatic rings. The van der Waals surface area contributed by atoms with Gasteiger partial charge in [-0.2, -0.15) is 0 Å². The van der Waals surface area contributed by atoms with E-state index in [2.05, 4.69) is 127 Å². The van der Waals surface area contributed by atoms with Crippen LogP contribution in [0.3, 0.4) is 0 Å². The standard InChI is InChI=1S/C47H53N3/c1-5-14-37(15-6-1)43-32-42(33-48-46(43)40-18-9-3-10-19-40)36-26-24-34(25-27-36)35-28-30-39(31-29-35)45-23-13-22-44(38-16-7-2-8-17-38)49-47(50-45)41-20-11-4-12-21-41/h1,3-6,9-11,14,18-19,22,24-26,28-30,32-33,36-39,41,47,49H,2,7-8,12-13,15-17,20-21,23,27,31H2/b44-22-,50-45?. The van der Waals surface area contributed by atoms with Crippen LogP contribution in [0.1, 0.15) is 106 Å². The normalized spacial score (nSPS) is 29.6. The summed E-state index contributed by atoms with van der Waals surface area (Å²) in [6.07, 6.45) is 48.6. The van der Waals surface area contributed by atoms with Gasteiger partial charge in [0.1, 0.15) is 6.17 Å². The average molecular weight is 660 g/mol. The first-order valence-electron chi connectivity index (χ1n) is 19.6. The molecule has 1 aromatic carbocycles. The van der Waals surface area contributed by atoms with Crippen LogP contribution in [-0.2, 0) is 0 Å². The molecule has 0 bridgehead atoms. The van der Waals surface area contributed by atoms with Gasteiger partial charge in [-0.25, -0.2) is 0 Å². The van der Waals surface area contributed by atoms with E-state index < -0.39 is 0 Å². The lowest BCUT2D eigenvalue weighted by atomic mass is 9.82. The highest BCUT2D eigenvalue weighted by atomic mass is 15.1. The molecule has 6 aliphatic rings. The maximum atomic E-state index is 5.58. The number of benzene rings is 1. The van der Waals surface area contributed by atoms with Crippen LogP contribution >= 0.6 is 0 Å². The molecule has 2 heterocycles. The van der Waals surface area contributed by atoms with Gasteiger partial charge in [0.05, 0.1) is 5.69 Å². The lowest BCUT2D eigenvalue weighted by molar-refractivity contribution is 0.320. The number of allylic oxidation sites excluding steroid dienone is 16. The Morgan fingerprint density at radius 1 is 0.680 bits per heavy atom. The third-order valence-electron chi connectivity index (χ3n) is 11.9. The van der Waals surface area contributed by atoms with Gasteiger partial charge < -0.3 is 5.32 Å². The minimum atomic E-state index is 0.200. The zero-order valence-corrected chi connectivity index (χ0v) is 29.6. The summed E-state index contributed by atoms with van der Waals surface area (Å²) in [4.78, 5) is 10.7. The minimum Gasteiger partial charge on any atom is -0.367 e. The highest BCUT2D eigenvalue weighted by molar-refractivity contribution is 5.89. The van der Waals surface area contributed by atoms with Crippen molar-refractivity contribution in [3.63, 3.8) is 0 Å². The van der Waals surface area contributed by atoms with Crippen molar-refractivity contribution in [1.82, 2.24) is 10.3 Å². The van der Waals surface area contributed by atoms with Crippen molar-refractivity contribution in [2.45, 2.75) is 101 Å². The number of aliphatic imine (C=N–C) groups is 1. The van der Waals surface area contributed by atoms with Crippen molar-refractivity contribution in [3.05, 3.63) is 150 Å². The monoisotopic (exact) mass is 659 g/mol. The molecule has 256 valence electrons. The second kappa shape index (κ2) is 15.8. The van der Waals surface area contributed by atoms with E-state index in [1.807, 2.05) is 0 Å². The SMILES string of the molecule is C1=CCC(c2cc(C3C=CC(C4=CCC(C5=NC(C6CC=CCC6)N/C(C6CCCCC6)=C\CC5)C=C4)=CC3)cnc2-c2ccccc2)C=C1. The summed E-state index contributed by atoms with van der Waals surface area (Å²) >= 11 is 0. The van der Waals surface area contributed by atoms with Crippen LogP contribution in [0.5, 0.6) is 0 Å². The number of hydrogen-bond donors (Lipinski definition) is 1. The first-order valence-corrected chi connectivity index (χ1v) is 19.6. The predicted molar refractivity (Wildman–Crippen MR) is 210 cm³/mol. The van der Waals surface area contributed by atoms with Gasteiger partial charge >= 0.3 is 0 Å². The number of nitrogens with zero attached hydrogens (tertiary/aromatic N) is 2. The van der Waals surface area contributed by atoms with Gasteiger partial charge in [-0.3, -0.25) is 9.98 Å². The maximum Gasteiger partial charge on any atom is 0.121 e. The second-order valence-corrected chi connectivity index (χ2v) is 15.2. The molecule has 1 aromatic heterocycles. The van der Waals surface area contributed by atoms with Crippen molar-refractivity contribution in [1.29, 1.82) is 0 Å². The summed E-state index contributed by atoms with van der Waals surface area (Å²) in [5, 5.41) is 4.05. The van der Waals surface area contributed by atoms with Crippen molar-refractivity contribution < 1.29 is 0 Å². The van der Waals surface area contributed by atoms with Gasteiger partial charge in [-0.1, -0.05) is 135 Å². The fourth-order valence-electron chi connectivity index (χ4n) is 8.98. The van der Waals surface area contributed by atoms with Crippen LogP contribution < -0.4 is 5.32 Å². The molecule has 5 aliphatic carbocycles. The Labute approximate surface area is 300 Å². The molecular formula is C47H53N3. The fourth-order valence-corrected chi connectivity index (χ4v) is 8.98. The van der Waals surface area contributed by atoms with Gasteiger partial charge in [-0.15, -0.1) is 0 Å². The van der Waals surface area contributed by atoms with E-state index in [0.29, 0.717) is 29.6 Å². The van der Waals surface area contributed by atoms with E-state index >= 15 is 0 Å². The summed E-state index contributed by atoms with van der Waals surface area (Å²) in [5.41, 5.74) is 10.5. The Balaban J connectivity index is 0.950. The van der Waals surface area contributed by atoms with Crippen LogP contribution in [-0.4, -0.2) is 16.9 Å². The van der Waals surface area contributed by atoms with Gasteiger partial charge in [0, 0.05) is 46.8 Å². The van der Waals surface area contributed by atoms with Gasteiger partial charge in [0.25, 0.3) is 0 Å². The van der Waals surface area contributed by atoms with Crippen LogP contribution in [0, 0.1) is 17.8 Å². The third-order valence-corrected chi connectivity index (χ3v) is 11.9. The van der Waals surface area contributed by atoms with Crippen molar-refractivity contribution in [3.8, 4) is 11.3 Å². The Morgan fingerprint density at radius 2 is 1.50 bits per heavy atom. The Bertz CT molecular complexity index is 1790. The molecule has 5 unspecified atom stereocenters. The minimum absolute atomic E-state index is 0.200. The molecule has 0 amide bonds. The molecule has 0 spiro atoms. The summed E-state index contributed by atoms with van der Waals surface area (Å²) in [6.45, 7) is 0. The fraction of sp³-hybridized carbons (Fsp3) is 0.404.